The zero-order valence-corrected chi connectivity index (χ0v) is 12.8. The van der Waals surface area contributed by atoms with Gasteiger partial charge in [-0.25, -0.2) is 4.98 Å². The Balaban J connectivity index is 1.46. The van der Waals surface area contributed by atoms with Gasteiger partial charge in [0.25, 0.3) is 0 Å². The van der Waals surface area contributed by atoms with Crippen molar-refractivity contribution in [3.05, 3.63) is 30.4 Å². The quantitative estimate of drug-likeness (QED) is 0.726. The molecule has 0 radical (unpaired) electrons. The van der Waals surface area contributed by atoms with E-state index in [1.165, 1.54) is 63.5 Å². The summed E-state index contributed by atoms with van der Waals surface area (Å²) in [6.07, 6.45) is 21.4. The van der Waals surface area contributed by atoms with Gasteiger partial charge in [0, 0.05) is 11.6 Å². The van der Waals surface area contributed by atoms with E-state index in [2.05, 4.69) is 35.2 Å². The van der Waals surface area contributed by atoms with Gasteiger partial charge in [-0.05, 0) is 37.5 Å². The Kier molecular flexibility index (Phi) is 4.28. The van der Waals surface area contributed by atoms with E-state index in [0.29, 0.717) is 11.3 Å². The number of aromatic nitrogens is 2. The first-order valence-electron chi connectivity index (χ1n) is 8.47. The highest BCUT2D eigenvalue weighted by atomic mass is 14.9. The topological polar surface area (TPSA) is 28.7 Å². The van der Waals surface area contributed by atoms with Crippen molar-refractivity contribution in [1.82, 2.24) is 9.97 Å². The molecule has 2 nitrogen and oxygen atoms in total. The van der Waals surface area contributed by atoms with Gasteiger partial charge in [-0.1, -0.05) is 51.2 Å². The van der Waals surface area contributed by atoms with Gasteiger partial charge < -0.3 is 4.98 Å². The summed E-state index contributed by atoms with van der Waals surface area (Å²) in [5.41, 5.74) is 1.61. The zero-order valence-electron chi connectivity index (χ0n) is 12.8. The molecular formula is C18H28N2. The number of hydrogen-bond donors (Lipinski definition) is 1. The van der Waals surface area contributed by atoms with Crippen LogP contribution in [0.4, 0.5) is 0 Å². The van der Waals surface area contributed by atoms with Gasteiger partial charge in [-0.3, -0.25) is 0 Å². The molecule has 0 saturated heterocycles. The lowest BCUT2D eigenvalue weighted by Crippen LogP contribution is -2.16. The summed E-state index contributed by atoms with van der Waals surface area (Å²) in [5, 5.41) is 0. The molecule has 110 valence electrons. The lowest BCUT2D eigenvalue weighted by atomic mass is 9.85. The van der Waals surface area contributed by atoms with Crippen LogP contribution < -0.4 is 0 Å². The van der Waals surface area contributed by atoms with Crippen LogP contribution in [0, 0.1) is 11.8 Å². The summed E-state index contributed by atoms with van der Waals surface area (Å²) in [7, 11) is 0. The SMILES string of the molecule is C[C@@H](/C=C\CCC1CCCCC1)C1(c2c[nH]cn2)CC1. The van der Waals surface area contributed by atoms with Gasteiger partial charge in [-0.2, -0.15) is 0 Å². The molecule has 0 unspecified atom stereocenters. The van der Waals surface area contributed by atoms with Crippen LogP contribution in [0.2, 0.25) is 0 Å². The van der Waals surface area contributed by atoms with Crippen molar-refractivity contribution in [2.75, 3.05) is 0 Å². The molecule has 1 heterocycles. The number of nitrogens with zero attached hydrogens (tertiary/aromatic N) is 1. The standard InChI is InChI=1S/C18H28N2/c1-15(18(11-12-18)17-13-19-14-20-17)7-5-6-10-16-8-3-2-4-9-16/h5,7,13-16H,2-4,6,8-12H2,1H3,(H,19,20)/b7-5-/t15-/m0/s1. The van der Waals surface area contributed by atoms with E-state index in [-0.39, 0.29) is 0 Å². The Hall–Kier alpha value is -1.05. The number of imidazole rings is 1. The van der Waals surface area contributed by atoms with Gasteiger partial charge in [-0.15, -0.1) is 0 Å². The average molecular weight is 272 g/mol. The first-order valence-corrected chi connectivity index (χ1v) is 8.47. The normalized spacial score (nSPS) is 24.1. The summed E-state index contributed by atoms with van der Waals surface area (Å²) in [4.78, 5) is 7.59. The predicted molar refractivity (Wildman–Crippen MR) is 83.6 cm³/mol. The van der Waals surface area contributed by atoms with Crippen molar-refractivity contribution in [1.29, 1.82) is 0 Å². The molecule has 1 aromatic rings. The molecule has 1 N–H and O–H groups in total. The molecule has 2 aliphatic carbocycles. The second-order valence-electron chi connectivity index (χ2n) is 6.91. The molecule has 1 aromatic heterocycles. The van der Waals surface area contributed by atoms with E-state index in [1.807, 2.05) is 6.33 Å². The third kappa shape index (κ3) is 2.99. The van der Waals surface area contributed by atoms with Crippen LogP contribution in [0.1, 0.15) is 70.4 Å². The Morgan fingerprint density at radius 3 is 2.80 bits per heavy atom. The molecule has 0 aliphatic heterocycles. The van der Waals surface area contributed by atoms with Crippen molar-refractivity contribution >= 4 is 0 Å². The maximum atomic E-state index is 4.48. The first kappa shape index (κ1) is 13.9. The number of aromatic amines is 1. The largest absolute Gasteiger partial charge is 0.351 e. The van der Waals surface area contributed by atoms with Crippen LogP contribution >= 0.6 is 0 Å². The number of nitrogens with one attached hydrogen (secondary N) is 1. The van der Waals surface area contributed by atoms with E-state index >= 15 is 0 Å². The van der Waals surface area contributed by atoms with Gasteiger partial charge >= 0.3 is 0 Å². The van der Waals surface area contributed by atoms with E-state index in [0.717, 1.165) is 5.92 Å². The Labute approximate surface area is 123 Å². The highest BCUT2D eigenvalue weighted by Gasteiger charge is 2.49. The Morgan fingerprint density at radius 1 is 1.35 bits per heavy atom. The minimum Gasteiger partial charge on any atom is -0.351 e. The van der Waals surface area contributed by atoms with E-state index in [1.54, 1.807) is 0 Å². The minimum atomic E-state index is 0.349. The molecule has 2 heteroatoms. The Morgan fingerprint density at radius 2 is 2.15 bits per heavy atom. The van der Waals surface area contributed by atoms with Crippen molar-refractivity contribution in [2.24, 2.45) is 11.8 Å². The maximum Gasteiger partial charge on any atom is 0.0923 e. The van der Waals surface area contributed by atoms with Gasteiger partial charge in [0.05, 0.1) is 12.0 Å². The molecule has 20 heavy (non-hydrogen) atoms. The van der Waals surface area contributed by atoms with Crippen molar-refractivity contribution < 1.29 is 0 Å². The zero-order chi connectivity index (χ0) is 13.8. The molecule has 0 amide bonds. The molecule has 0 spiro atoms. The number of H-pyrrole nitrogens is 1. The molecule has 0 aromatic carbocycles. The van der Waals surface area contributed by atoms with E-state index in [4.69, 9.17) is 0 Å². The number of rotatable bonds is 6. The number of allylic oxidation sites excluding steroid dienone is 2. The average Bonchev–Trinajstić information content (AvgIpc) is 3.12. The second kappa shape index (κ2) is 6.15. The molecule has 2 aliphatic rings. The fraction of sp³-hybridized carbons (Fsp3) is 0.722. The van der Waals surface area contributed by atoms with E-state index < -0.39 is 0 Å². The highest BCUT2D eigenvalue weighted by Crippen LogP contribution is 2.53. The molecule has 0 bridgehead atoms. The lowest BCUT2D eigenvalue weighted by molar-refractivity contribution is 0.341. The van der Waals surface area contributed by atoms with Crippen LogP contribution in [-0.2, 0) is 5.41 Å². The van der Waals surface area contributed by atoms with E-state index in [9.17, 15) is 0 Å². The van der Waals surface area contributed by atoms with Crippen molar-refractivity contribution in [3.63, 3.8) is 0 Å². The third-order valence-corrected chi connectivity index (χ3v) is 5.56. The van der Waals surface area contributed by atoms with Crippen molar-refractivity contribution in [3.8, 4) is 0 Å². The smallest absolute Gasteiger partial charge is 0.0923 e. The van der Waals surface area contributed by atoms with Crippen LogP contribution in [-0.4, -0.2) is 9.97 Å². The molecular weight excluding hydrogens is 244 g/mol. The monoisotopic (exact) mass is 272 g/mol. The summed E-state index contributed by atoms with van der Waals surface area (Å²) >= 11 is 0. The van der Waals surface area contributed by atoms with Gasteiger partial charge in [0.15, 0.2) is 0 Å². The van der Waals surface area contributed by atoms with Crippen LogP contribution in [0.5, 0.6) is 0 Å². The van der Waals surface area contributed by atoms with Gasteiger partial charge in [0.1, 0.15) is 0 Å². The van der Waals surface area contributed by atoms with Crippen LogP contribution in [0.25, 0.3) is 0 Å². The van der Waals surface area contributed by atoms with Crippen LogP contribution in [0.3, 0.4) is 0 Å². The fourth-order valence-corrected chi connectivity index (χ4v) is 3.90. The summed E-state index contributed by atoms with van der Waals surface area (Å²) in [6.45, 7) is 2.36. The highest BCUT2D eigenvalue weighted by molar-refractivity contribution is 5.26. The molecule has 3 rings (SSSR count). The first-order chi connectivity index (χ1) is 9.81. The van der Waals surface area contributed by atoms with Gasteiger partial charge in [0.2, 0.25) is 0 Å². The number of hydrogen-bond acceptors (Lipinski definition) is 1. The van der Waals surface area contributed by atoms with Crippen LogP contribution in [0.15, 0.2) is 24.7 Å². The molecule has 1 atom stereocenters. The van der Waals surface area contributed by atoms with Crippen molar-refractivity contribution in [2.45, 2.75) is 70.1 Å². The summed E-state index contributed by atoms with van der Waals surface area (Å²) in [5.74, 6) is 1.63. The Bertz CT molecular complexity index is 422. The summed E-state index contributed by atoms with van der Waals surface area (Å²) < 4.78 is 0. The maximum absolute atomic E-state index is 4.48. The minimum absolute atomic E-state index is 0.349. The molecule has 2 fully saturated rings. The lowest BCUT2D eigenvalue weighted by Gasteiger charge is -2.21. The predicted octanol–water partition coefficient (Wildman–Crippen LogP) is 4.99. The summed E-state index contributed by atoms with van der Waals surface area (Å²) in [6, 6.07) is 0. The third-order valence-electron chi connectivity index (χ3n) is 5.56. The molecule has 2 saturated carbocycles. The fourth-order valence-electron chi connectivity index (χ4n) is 3.90. The second-order valence-corrected chi connectivity index (χ2v) is 6.91.